The van der Waals surface area contributed by atoms with Crippen LogP contribution in [0.25, 0.3) is 0 Å². The van der Waals surface area contributed by atoms with Crippen LogP contribution in [-0.2, 0) is 0 Å². The Morgan fingerprint density at radius 1 is 1.19 bits per heavy atom. The van der Waals surface area contributed by atoms with Crippen molar-refractivity contribution in [3.63, 3.8) is 0 Å². The minimum Gasteiger partial charge on any atom is -0.350 e. The van der Waals surface area contributed by atoms with Gasteiger partial charge >= 0.3 is 0 Å². The van der Waals surface area contributed by atoms with Crippen LogP contribution < -0.4 is 5.32 Å². The van der Waals surface area contributed by atoms with Gasteiger partial charge in [-0.2, -0.15) is 0 Å². The van der Waals surface area contributed by atoms with E-state index < -0.39 is 0 Å². The van der Waals surface area contributed by atoms with E-state index in [1.54, 1.807) is 12.1 Å². The van der Waals surface area contributed by atoms with Gasteiger partial charge in [0.25, 0.3) is 17.7 Å². The highest BCUT2D eigenvalue weighted by Crippen LogP contribution is 2.24. The Bertz CT molecular complexity index is 593. The number of hydrogen-bond acceptors (Lipinski definition) is 3. The van der Waals surface area contributed by atoms with Gasteiger partial charge in [-0.3, -0.25) is 19.3 Å². The van der Waals surface area contributed by atoms with E-state index in [-0.39, 0.29) is 23.8 Å². The molecule has 0 radical (unpaired) electrons. The largest absolute Gasteiger partial charge is 0.350 e. The Hall–Kier alpha value is -2.17. The topological polar surface area (TPSA) is 66.5 Å². The second kappa shape index (κ2) is 6.08. The molecule has 0 spiro atoms. The van der Waals surface area contributed by atoms with Crippen molar-refractivity contribution >= 4 is 17.7 Å². The normalized spacial score (nSPS) is 13.8. The first-order valence-corrected chi connectivity index (χ1v) is 7.26. The van der Waals surface area contributed by atoms with Crippen LogP contribution in [0, 0.1) is 0 Å². The number of benzene rings is 1. The van der Waals surface area contributed by atoms with Gasteiger partial charge in [0, 0.05) is 18.2 Å². The van der Waals surface area contributed by atoms with Gasteiger partial charge in [0.1, 0.15) is 0 Å². The van der Waals surface area contributed by atoms with Crippen LogP contribution in [0.1, 0.15) is 64.7 Å². The van der Waals surface area contributed by atoms with E-state index in [9.17, 15) is 14.4 Å². The number of nitrogens with zero attached hydrogens (tertiary/aromatic N) is 1. The molecule has 0 saturated heterocycles. The van der Waals surface area contributed by atoms with E-state index in [1.165, 1.54) is 11.0 Å². The number of imide groups is 1. The van der Waals surface area contributed by atoms with Crippen molar-refractivity contribution in [2.75, 3.05) is 6.54 Å². The number of nitrogens with one attached hydrogen (secondary N) is 1. The first-order chi connectivity index (χ1) is 9.95. The second-order valence-corrected chi connectivity index (χ2v) is 5.50. The van der Waals surface area contributed by atoms with Crippen molar-refractivity contribution in [1.82, 2.24) is 10.2 Å². The lowest BCUT2D eigenvalue weighted by atomic mass is 10.1. The van der Waals surface area contributed by atoms with Gasteiger partial charge in [-0.25, -0.2) is 0 Å². The van der Waals surface area contributed by atoms with E-state index in [0.717, 1.165) is 12.8 Å². The predicted octanol–water partition coefficient (Wildman–Crippen LogP) is 2.22. The molecule has 0 aliphatic carbocycles. The van der Waals surface area contributed by atoms with Crippen LogP contribution in [0.3, 0.4) is 0 Å². The van der Waals surface area contributed by atoms with Gasteiger partial charge < -0.3 is 5.32 Å². The average molecular weight is 288 g/mol. The number of carbonyl (C=O) groups is 3. The molecule has 5 nitrogen and oxygen atoms in total. The highest BCUT2D eigenvalue weighted by molar-refractivity contribution is 6.22. The maximum Gasteiger partial charge on any atom is 0.261 e. The van der Waals surface area contributed by atoms with Crippen LogP contribution in [0.4, 0.5) is 0 Å². The molecule has 1 aromatic carbocycles. The summed E-state index contributed by atoms with van der Waals surface area (Å²) in [6.07, 6.45) is 1.70. The summed E-state index contributed by atoms with van der Waals surface area (Å²) >= 11 is 0. The van der Waals surface area contributed by atoms with Crippen molar-refractivity contribution in [3.05, 3.63) is 34.9 Å². The van der Waals surface area contributed by atoms with Crippen LogP contribution in [0.5, 0.6) is 0 Å². The number of carbonyl (C=O) groups excluding carboxylic acids is 3. The molecule has 1 aliphatic heterocycles. The summed E-state index contributed by atoms with van der Waals surface area (Å²) in [5.41, 5.74) is 1.12. The lowest BCUT2D eigenvalue weighted by molar-refractivity contribution is 0.0652. The summed E-state index contributed by atoms with van der Waals surface area (Å²) in [4.78, 5) is 37.7. The minimum atomic E-state index is -0.303. The number of unbranched alkanes of at least 4 members (excludes halogenated alkanes) is 1. The molecular formula is C16H20N2O3. The smallest absolute Gasteiger partial charge is 0.261 e. The molecule has 0 aromatic heterocycles. The minimum absolute atomic E-state index is 0.0177. The molecule has 0 fully saturated rings. The molecule has 1 N–H and O–H groups in total. The summed E-state index contributed by atoms with van der Waals surface area (Å²) in [6, 6.07) is 4.69. The van der Waals surface area contributed by atoms with E-state index in [1.807, 2.05) is 20.8 Å². The Kier molecular flexibility index (Phi) is 4.40. The third kappa shape index (κ3) is 2.96. The summed E-state index contributed by atoms with van der Waals surface area (Å²) in [7, 11) is 0. The van der Waals surface area contributed by atoms with Gasteiger partial charge in [0.05, 0.1) is 11.1 Å². The van der Waals surface area contributed by atoms with Crippen molar-refractivity contribution < 1.29 is 14.4 Å². The quantitative estimate of drug-likeness (QED) is 0.845. The molecule has 1 aromatic rings. The third-order valence-electron chi connectivity index (χ3n) is 3.39. The van der Waals surface area contributed by atoms with Crippen molar-refractivity contribution in [1.29, 1.82) is 0 Å². The van der Waals surface area contributed by atoms with E-state index in [2.05, 4.69) is 5.32 Å². The maximum atomic E-state index is 12.3. The number of hydrogen-bond donors (Lipinski definition) is 1. The van der Waals surface area contributed by atoms with Crippen molar-refractivity contribution in [2.24, 2.45) is 0 Å². The van der Waals surface area contributed by atoms with Crippen LogP contribution >= 0.6 is 0 Å². The predicted molar refractivity (Wildman–Crippen MR) is 79.3 cm³/mol. The molecule has 1 heterocycles. The molecular weight excluding hydrogens is 268 g/mol. The first kappa shape index (κ1) is 15.2. The van der Waals surface area contributed by atoms with Gasteiger partial charge in [-0.15, -0.1) is 0 Å². The molecule has 2 rings (SSSR count). The number of rotatable bonds is 5. The first-order valence-electron chi connectivity index (χ1n) is 7.26. The zero-order valence-corrected chi connectivity index (χ0v) is 12.6. The molecule has 0 saturated carbocycles. The third-order valence-corrected chi connectivity index (χ3v) is 3.39. The summed E-state index contributed by atoms with van der Waals surface area (Å²) in [6.45, 7) is 6.17. The highest BCUT2D eigenvalue weighted by Gasteiger charge is 2.35. The fourth-order valence-corrected chi connectivity index (χ4v) is 2.30. The molecule has 0 unspecified atom stereocenters. The van der Waals surface area contributed by atoms with Crippen molar-refractivity contribution in [3.8, 4) is 0 Å². The zero-order chi connectivity index (χ0) is 15.6. The second-order valence-electron chi connectivity index (χ2n) is 5.50. The monoisotopic (exact) mass is 288 g/mol. The Balaban J connectivity index is 2.27. The van der Waals surface area contributed by atoms with Gasteiger partial charge in [-0.1, -0.05) is 13.3 Å². The zero-order valence-electron chi connectivity index (χ0n) is 12.6. The highest BCUT2D eigenvalue weighted by atomic mass is 16.2. The SMILES string of the molecule is CCCCN1C(=O)c2ccc(C(=O)NC(C)C)cc2C1=O. The van der Waals surface area contributed by atoms with Crippen molar-refractivity contribution in [2.45, 2.75) is 39.7 Å². The molecule has 1 aliphatic rings. The van der Waals surface area contributed by atoms with Crippen LogP contribution in [0.2, 0.25) is 0 Å². The van der Waals surface area contributed by atoms with E-state index in [4.69, 9.17) is 0 Å². The maximum absolute atomic E-state index is 12.3. The Morgan fingerprint density at radius 2 is 1.86 bits per heavy atom. The molecule has 112 valence electrons. The van der Waals surface area contributed by atoms with E-state index in [0.29, 0.717) is 23.2 Å². The standard InChI is InChI=1S/C16H20N2O3/c1-4-5-8-18-15(20)12-7-6-11(9-13(12)16(18)21)14(19)17-10(2)3/h6-7,9-10H,4-5,8H2,1-3H3,(H,17,19). The van der Waals surface area contributed by atoms with Gasteiger partial charge in [-0.05, 0) is 38.5 Å². The lowest BCUT2D eigenvalue weighted by Crippen LogP contribution is -2.31. The Morgan fingerprint density at radius 3 is 2.48 bits per heavy atom. The molecule has 3 amide bonds. The molecule has 5 heteroatoms. The number of fused-ring (bicyclic) bond motifs is 1. The number of amides is 3. The summed E-state index contributed by atoms with van der Waals surface area (Å²) in [5, 5.41) is 2.77. The summed E-state index contributed by atoms with van der Waals surface area (Å²) < 4.78 is 0. The molecule has 21 heavy (non-hydrogen) atoms. The van der Waals surface area contributed by atoms with Gasteiger partial charge in [0.2, 0.25) is 0 Å². The fraction of sp³-hybridized carbons (Fsp3) is 0.438. The average Bonchev–Trinajstić information content (AvgIpc) is 2.68. The lowest BCUT2D eigenvalue weighted by Gasteiger charge is -2.12. The van der Waals surface area contributed by atoms with Crippen LogP contribution in [-0.4, -0.2) is 35.2 Å². The Labute approximate surface area is 124 Å². The summed E-state index contributed by atoms with van der Waals surface area (Å²) in [5.74, 6) is -0.804. The molecule has 0 bridgehead atoms. The fourth-order valence-electron chi connectivity index (χ4n) is 2.30. The molecule has 0 atom stereocenters. The van der Waals surface area contributed by atoms with Gasteiger partial charge in [0.15, 0.2) is 0 Å². The van der Waals surface area contributed by atoms with E-state index >= 15 is 0 Å². The van der Waals surface area contributed by atoms with Crippen LogP contribution in [0.15, 0.2) is 18.2 Å².